The Hall–Kier alpha value is -0.610. The van der Waals surface area contributed by atoms with Gasteiger partial charge >= 0.3 is 5.97 Å². The van der Waals surface area contributed by atoms with E-state index in [4.69, 9.17) is 4.74 Å². The van der Waals surface area contributed by atoms with Crippen molar-refractivity contribution in [3.8, 4) is 0 Å². The van der Waals surface area contributed by atoms with E-state index in [2.05, 4.69) is 38.0 Å². The lowest BCUT2D eigenvalue weighted by atomic mass is 10.0. The number of likely N-dealkylation sites (N-methyl/N-ethyl adjacent to an activating group) is 1. The molecule has 4 heteroatoms. The highest BCUT2D eigenvalue weighted by atomic mass is 16.5. The Labute approximate surface area is 112 Å². The first kappa shape index (κ1) is 17.4. The van der Waals surface area contributed by atoms with Crippen molar-refractivity contribution in [3.63, 3.8) is 0 Å². The van der Waals surface area contributed by atoms with Gasteiger partial charge in [0.1, 0.15) is 5.54 Å². The fourth-order valence-electron chi connectivity index (χ4n) is 2.08. The summed E-state index contributed by atoms with van der Waals surface area (Å²) in [5.74, 6) is 0.454. The van der Waals surface area contributed by atoms with Crippen LogP contribution in [0.4, 0.5) is 0 Å². The summed E-state index contributed by atoms with van der Waals surface area (Å²) in [6.45, 7) is 10.9. The van der Waals surface area contributed by atoms with Crippen LogP contribution < -0.4 is 5.32 Å². The molecule has 108 valence electrons. The maximum atomic E-state index is 11.9. The summed E-state index contributed by atoms with van der Waals surface area (Å²) in [5, 5.41) is 3.30. The summed E-state index contributed by atoms with van der Waals surface area (Å²) in [4.78, 5) is 14.1. The molecule has 2 unspecified atom stereocenters. The maximum Gasteiger partial charge on any atom is 0.327 e. The van der Waals surface area contributed by atoms with Gasteiger partial charge in [-0.05, 0) is 32.9 Å². The van der Waals surface area contributed by atoms with Crippen LogP contribution in [0.15, 0.2) is 0 Å². The molecule has 0 aromatic heterocycles. The lowest BCUT2D eigenvalue weighted by Crippen LogP contribution is -2.57. The molecule has 0 aromatic carbocycles. The van der Waals surface area contributed by atoms with Crippen molar-refractivity contribution < 1.29 is 9.53 Å². The molecular formula is C14H30N2O2. The molecule has 0 saturated carbocycles. The smallest absolute Gasteiger partial charge is 0.327 e. The van der Waals surface area contributed by atoms with Crippen LogP contribution in [0.5, 0.6) is 0 Å². The van der Waals surface area contributed by atoms with Gasteiger partial charge in [0.25, 0.3) is 0 Å². The first-order valence-corrected chi connectivity index (χ1v) is 6.91. The molecule has 0 aliphatic rings. The largest absolute Gasteiger partial charge is 0.468 e. The second-order valence-corrected chi connectivity index (χ2v) is 5.46. The predicted molar refractivity (Wildman–Crippen MR) is 75.7 cm³/mol. The summed E-state index contributed by atoms with van der Waals surface area (Å²) in [7, 11) is 3.50. The molecule has 18 heavy (non-hydrogen) atoms. The van der Waals surface area contributed by atoms with Crippen molar-refractivity contribution in [1.29, 1.82) is 0 Å². The molecule has 0 rings (SSSR count). The van der Waals surface area contributed by atoms with Crippen molar-refractivity contribution in [2.45, 2.75) is 46.1 Å². The Morgan fingerprint density at radius 1 is 1.44 bits per heavy atom. The molecule has 0 heterocycles. The van der Waals surface area contributed by atoms with Crippen LogP contribution in [0.1, 0.15) is 40.5 Å². The molecule has 0 spiro atoms. The van der Waals surface area contributed by atoms with Gasteiger partial charge in [0.2, 0.25) is 0 Å². The number of carbonyl (C=O) groups excluding carboxylic acids is 1. The van der Waals surface area contributed by atoms with E-state index in [0.717, 1.165) is 25.9 Å². The highest BCUT2D eigenvalue weighted by Gasteiger charge is 2.34. The normalized spacial score (nSPS) is 16.4. The van der Waals surface area contributed by atoms with Crippen molar-refractivity contribution in [1.82, 2.24) is 10.2 Å². The van der Waals surface area contributed by atoms with E-state index in [1.807, 2.05) is 6.92 Å². The average molecular weight is 258 g/mol. The van der Waals surface area contributed by atoms with E-state index in [0.29, 0.717) is 12.5 Å². The maximum absolute atomic E-state index is 11.9. The second-order valence-electron chi connectivity index (χ2n) is 5.46. The van der Waals surface area contributed by atoms with Crippen LogP contribution in [0.25, 0.3) is 0 Å². The highest BCUT2D eigenvalue weighted by molar-refractivity contribution is 5.80. The predicted octanol–water partition coefficient (Wildman–Crippen LogP) is 1.90. The Morgan fingerprint density at radius 3 is 2.50 bits per heavy atom. The molecule has 0 aliphatic carbocycles. The fraction of sp³-hybridized carbons (Fsp3) is 0.929. The van der Waals surface area contributed by atoms with Gasteiger partial charge in [0, 0.05) is 13.1 Å². The van der Waals surface area contributed by atoms with E-state index in [1.54, 1.807) is 0 Å². The average Bonchev–Trinajstić information content (AvgIpc) is 2.34. The van der Waals surface area contributed by atoms with Crippen LogP contribution in [-0.2, 0) is 9.53 Å². The zero-order valence-corrected chi connectivity index (χ0v) is 12.9. The number of esters is 1. The van der Waals surface area contributed by atoms with Gasteiger partial charge in [-0.25, -0.2) is 0 Å². The molecule has 0 aliphatic heterocycles. The zero-order chi connectivity index (χ0) is 14.2. The number of methoxy groups -OCH3 is 1. The first-order chi connectivity index (χ1) is 8.39. The van der Waals surface area contributed by atoms with Gasteiger partial charge in [-0.2, -0.15) is 0 Å². The number of carbonyl (C=O) groups is 1. The van der Waals surface area contributed by atoms with Crippen molar-refractivity contribution in [2.24, 2.45) is 5.92 Å². The van der Waals surface area contributed by atoms with Gasteiger partial charge in [0.15, 0.2) is 0 Å². The first-order valence-electron chi connectivity index (χ1n) is 6.91. The molecule has 1 N–H and O–H groups in total. The molecular weight excluding hydrogens is 228 g/mol. The van der Waals surface area contributed by atoms with Gasteiger partial charge in [-0.15, -0.1) is 0 Å². The van der Waals surface area contributed by atoms with E-state index >= 15 is 0 Å². The number of ether oxygens (including phenoxy) is 1. The van der Waals surface area contributed by atoms with Gasteiger partial charge in [-0.3, -0.25) is 4.79 Å². The monoisotopic (exact) mass is 258 g/mol. The molecule has 2 atom stereocenters. The van der Waals surface area contributed by atoms with E-state index in [9.17, 15) is 4.79 Å². The van der Waals surface area contributed by atoms with Crippen molar-refractivity contribution in [2.75, 3.05) is 33.8 Å². The van der Waals surface area contributed by atoms with Crippen molar-refractivity contribution >= 4 is 5.97 Å². The molecule has 0 aromatic rings. The number of rotatable bonds is 9. The number of hydrogen-bond acceptors (Lipinski definition) is 4. The SMILES string of the molecule is CCCNC(C)(CN(C)CC(C)CC)C(=O)OC. The van der Waals surface area contributed by atoms with E-state index in [-0.39, 0.29) is 5.97 Å². The zero-order valence-electron chi connectivity index (χ0n) is 12.9. The molecule has 0 saturated heterocycles. The second kappa shape index (κ2) is 8.48. The standard InChI is InChI=1S/C14H30N2O2/c1-7-9-15-14(4,13(17)18-6)11-16(5)10-12(3)8-2/h12,15H,7-11H2,1-6H3. The minimum absolute atomic E-state index is 0.188. The quantitative estimate of drug-likeness (QED) is 0.641. The number of nitrogens with zero attached hydrogens (tertiary/aromatic N) is 1. The summed E-state index contributed by atoms with van der Waals surface area (Å²) >= 11 is 0. The van der Waals surface area contributed by atoms with Gasteiger partial charge in [0.05, 0.1) is 7.11 Å². The Balaban J connectivity index is 4.52. The van der Waals surface area contributed by atoms with E-state index < -0.39 is 5.54 Å². The Bertz CT molecular complexity index is 246. The minimum atomic E-state index is -0.618. The Kier molecular flexibility index (Phi) is 8.20. The molecule has 0 radical (unpaired) electrons. The summed E-state index contributed by atoms with van der Waals surface area (Å²) in [6, 6.07) is 0. The third-order valence-electron chi connectivity index (χ3n) is 3.31. The fourth-order valence-corrected chi connectivity index (χ4v) is 2.08. The van der Waals surface area contributed by atoms with Crippen LogP contribution in [-0.4, -0.2) is 50.2 Å². The summed E-state index contributed by atoms with van der Waals surface area (Å²) < 4.78 is 4.92. The van der Waals surface area contributed by atoms with Crippen LogP contribution in [0.3, 0.4) is 0 Å². The summed E-state index contributed by atoms with van der Waals surface area (Å²) in [6.07, 6.45) is 2.16. The van der Waals surface area contributed by atoms with Crippen LogP contribution >= 0.6 is 0 Å². The van der Waals surface area contributed by atoms with Crippen LogP contribution in [0.2, 0.25) is 0 Å². The lowest BCUT2D eigenvalue weighted by Gasteiger charge is -2.33. The third kappa shape index (κ3) is 5.83. The number of hydrogen-bond donors (Lipinski definition) is 1. The minimum Gasteiger partial charge on any atom is -0.468 e. The molecule has 4 nitrogen and oxygen atoms in total. The Morgan fingerprint density at radius 2 is 2.06 bits per heavy atom. The molecule has 0 bridgehead atoms. The van der Waals surface area contributed by atoms with Crippen LogP contribution in [0, 0.1) is 5.92 Å². The third-order valence-corrected chi connectivity index (χ3v) is 3.31. The van der Waals surface area contributed by atoms with Gasteiger partial charge < -0.3 is 15.0 Å². The number of nitrogens with one attached hydrogen (secondary N) is 1. The molecule has 0 fully saturated rings. The van der Waals surface area contributed by atoms with E-state index in [1.165, 1.54) is 7.11 Å². The molecule has 0 amide bonds. The van der Waals surface area contributed by atoms with Crippen molar-refractivity contribution in [3.05, 3.63) is 0 Å². The topological polar surface area (TPSA) is 41.6 Å². The highest BCUT2D eigenvalue weighted by Crippen LogP contribution is 2.11. The van der Waals surface area contributed by atoms with Gasteiger partial charge in [-0.1, -0.05) is 27.2 Å². The lowest BCUT2D eigenvalue weighted by molar-refractivity contribution is -0.148. The summed E-state index contributed by atoms with van der Waals surface area (Å²) in [5.41, 5.74) is -0.618.